The first-order valence-electron chi connectivity index (χ1n) is 15.3. The Morgan fingerprint density at radius 1 is 0.587 bits per heavy atom. The van der Waals surface area contributed by atoms with E-state index in [9.17, 15) is 5.11 Å². The summed E-state index contributed by atoms with van der Waals surface area (Å²) in [7, 11) is 1.77. The zero-order chi connectivity index (χ0) is 31.9. The minimum Gasteiger partial charge on any atom is -0.427 e. The molecule has 1 N–H and O–H groups in total. The molecule has 0 saturated carbocycles. The Kier molecular flexibility index (Phi) is 7.77. The lowest BCUT2D eigenvalue weighted by Gasteiger charge is -2.37. The SMILES string of the molecule is CC(C)(O)C(C)(C)O[B]c1cc(-c2ccc(-c3nc(-c4ccccc4)nc(-c4ccccc4)n3)cc2)c2sc3ccccc3c2c1. The first-order valence-corrected chi connectivity index (χ1v) is 16.1. The van der Waals surface area contributed by atoms with Crippen LogP contribution in [0.2, 0.25) is 0 Å². The van der Waals surface area contributed by atoms with Gasteiger partial charge in [0.1, 0.15) is 0 Å². The topological polar surface area (TPSA) is 68.1 Å². The molecule has 46 heavy (non-hydrogen) atoms. The number of hydrogen-bond donors (Lipinski definition) is 1. The van der Waals surface area contributed by atoms with E-state index in [4.69, 9.17) is 19.6 Å². The summed E-state index contributed by atoms with van der Waals surface area (Å²) in [5.74, 6) is 1.89. The van der Waals surface area contributed by atoms with Crippen molar-refractivity contribution < 1.29 is 9.76 Å². The average molecular weight is 619 g/mol. The molecule has 225 valence electrons. The summed E-state index contributed by atoms with van der Waals surface area (Å²) in [5, 5.41) is 13.1. The normalized spacial score (nSPS) is 12.1. The van der Waals surface area contributed by atoms with E-state index in [0.29, 0.717) is 17.5 Å². The van der Waals surface area contributed by atoms with Crippen LogP contribution in [0.3, 0.4) is 0 Å². The number of nitrogens with zero attached hydrogens (tertiary/aromatic N) is 3. The van der Waals surface area contributed by atoms with Gasteiger partial charge in [0, 0.05) is 36.9 Å². The predicted molar refractivity (Wildman–Crippen MR) is 191 cm³/mol. The summed E-state index contributed by atoms with van der Waals surface area (Å²) < 4.78 is 8.63. The summed E-state index contributed by atoms with van der Waals surface area (Å²) in [6.07, 6.45) is 0. The summed E-state index contributed by atoms with van der Waals surface area (Å²) in [6.45, 7) is 7.33. The van der Waals surface area contributed by atoms with Crippen LogP contribution in [0.4, 0.5) is 0 Å². The van der Waals surface area contributed by atoms with E-state index in [1.165, 1.54) is 20.2 Å². The Hall–Kier alpha value is -4.69. The summed E-state index contributed by atoms with van der Waals surface area (Å²) in [6, 6.07) is 41.3. The van der Waals surface area contributed by atoms with Crippen LogP contribution >= 0.6 is 11.3 Å². The number of aliphatic hydroxyl groups is 1. The van der Waals surface area contributed by atoms with E-state index in [-0.39, 0.29) is 0 Å². The van der Waals surface area contributed by atoms with Gasteiger partial charge in [-0.3, -0.25) is 0 Å². The van der Waals surface area contributed by atoms with E-state index in [2.05, 4.69) is 60.7 Å². The van der Waals surface area contributed by atoms with Crippen molar-refractivity contribution in [1.29, 1.82) is 0 Å². The fourth-order valence-electron chi connectivity index (χ4n) is 5.23. The van der Waals surface area contributed by atoms with Crippen molar-refractivity contribution in [2.75, 3.05) is 0 Å². The fraction of sp³-hybridized carbons (Fsp3) is 0.154. The third kappa shape index (κ3) is 5.85. The molecule has 5 aromatic carbocycles. The fourth-order valence-corrected chi connectivity index (χ4v) is 6.45. The highest BCUT2D eigenvalue weighted by Crippen LogP contribution is 2.40. The van der Waals surface area contributed by atoms with Crippen LogP contribution in [-0.4, -0.2) is 38.7 Å². The second-order valence-electron chi connectivity index (χ2n) is 12.5. The lowest BCUT2D eigenvalue weighted by Crippen LogP contribution is -2.49. The first kappa shape index (κ1) is 30.0. The van der Waals surface area contributed by atoms with Crippen LogP contribution in [0.15, 0.2) is 121 Å². The summed E-state index contributed by atoms with van der Waals surface area (Å²) >= 11 is 1.79. The average Bonchev–Trinajstić information content (AvgIpc) is 3.46. The van der Waals surface area contributed by atoms with Crippen LogP contribution in [0.1, 0.15) is 27.7 Å². The molecule has 0 aliphatic rings. The van der Waals surface area contributed by atoms with Crippen molar-refractivity contribution in [2.45, 2.75) is 38.9 Å². The Bertz CT molecular complexity index is 2100. The van der Waals surface area contributed by atoms with Crippen molar-refractivity contribution in [1.82, 2.24) is 15.0 Å². The lowest BCUT2D eigenvalue weighted by atomic mass is 9.81. The smallest absolute Gasteiger partial charge is 0.330 e. The molecule has 0 spiro atoms. The molecular formula is C39H33BN3O2S. The molecule has 0 amide bonds. The molecule has 0 aliphatic heterocycles. The molecule has 2 aromatic heterocycles. The number of benzene rings is 5. The molecule has 2 heterocycles. The highest BCUT2D eigenvalue weighted by Gasteiger charge is 2.35. The van der Waals surface area contributed by atoms with Crippen LogP contribution < -0.4 is 5.46 Å². The van der Waals surface area contributed by atoms with Gasteiger partial charge >= 0.3 is 7.48 Å². The number of aromatic nitrogens is 3. The molecular weight excluding hydrogens is 585 g/mol. The zero-order valence-electron chi connectivity index (χ0n) is 26.2. The van der Waals surface area contributed by atoms with Crippen molar-refractivity contribution >= 4 is 44.5 Å². The van der Waals surface area contributed by atoms with Crippen LogP contribution in [0.25, 0.3) is 65.5 Å². The monoisotopic (exact) mass is 618 g/mol. The molecule has 7 heteroatoms. The molecule has 1 radical (unpaired) electrons. The van der Waals surface area contributed by atoms with Gasteiger partial charge in [-0.2, -0.15) is 0 Å². The minimum absolute atomic E-state index is 0.621. The molecule has 7 rings (SSSR count). The third-order valence-electron chi connectivity index (χ3n) is 8.62. The van der Waals surface area contributed by atoms with Crippen LogP contribution in [0, 0.1) is 0 Å². The predicted octanol–water partition coefficient (Wildman–Crippen LogP) is 8.72. The van der Waals surface area contributed by atoms with Gasteiger partial charge in [-0.1, -0.05) is 121 Å². The molecule has 5 nitrogen and oxygen atoms in total. The summed E-state index contributed by atoms with van der Waals surface area (Å²) in [4.78, 5) is 14.6. The molecule has 0 saturated heterocycles. The summed E-state index contributed by atoms with van der Waals surface area (Å²) in [5.41, 5.74) is 4.13. The van der Waals surface area contributed by atoms with Gasteiger partial charge < -0.3 is 9.76 Å². The van der Waals surface area contributed by atoms with Crippen molar-refractivity contribution in [3.05, 3.63) is 121 Å². The first-order chi connectivity index (χ1) is 22.2. The second-order valence-corrected chi connectivity index (χ2v) is 13.5. The van der Waals surface area contributed by atoms with Gasteiger partial charge in [0.25, 0.3) is 0 Å². The number of rotatable bonds is 8. The maximum absolute atomic E-state index is 10.7. The van der Waals surface area contributed by atoms with Gasteiger partial charge in [0.2, 0.25) is 0 Å². The quantitative estimate of drug-likeness (QED) is 0.173. The highest BCUT2D eigenvalue weighted by atomic mass is 32.1. The molecule has 0 bridgehead atoms. The largest absolute Gasteiger partial charge is 0.427 e. The number of hydrogen-bond acceptors (Lipinski definition) is 6. The van der Waals surface area contributed by atoms with E-state index in [0.717, 1.165) is 33.3 Å². The van der Waals surface area contributed by atoms with E-state index in [1.807, 2.05) is 74.5 Å². The number of thiophene rings is 1. The second kappa shape index (κ2) is 11.9. The van der Waals surface area contributed by atoms with Gasteiger partial charge in [-0.15, -0.1) is 11.3 Å². The molecule has 0 aliphatic carbocycles. The Labute approximate surface area is 273 Å². The minimum atomic E-state index is -1.02. The zero-order valence-corrected chi connectivity index (χ0v) is 27.0. The number of fused-ring (bicyclic) bond motifs is 3. The van der Waals surface area contributed by atoms with Crippen molar-refractivity contribution in [3.63, 3.8) is 0 Å². The lowest BCUT2D eigenvalue weighted by molar-refractivity contribution is -0.0893. The van der Waals surface area contributed by atoms with Gasteiger partial charge in [0.05, 0.1) is 11.2 Å². The van der Waals surface area contributed by atoms with Crippen LogP contribution in [0.5, 0.6) is 0 Å². The van der Waals surface area contributed by atoms with Gasteiger partial charge in [-0.05, 0) is 44.9 Å². The molecule has 7 aromatic rings. The van der Waals surface area contributed by atoms with E-state index < -0.39 is 11.2 Å². The Balaban J connectivity index is 1.31. The van der Waals surface area contributed by atoms with Gasteiger partial charge in [0.15, 0.2) is 17.5 Å². The maximum Gasteiger partial charge on any atom is 0.330 e. The van der Waals surface area contributed by atoms with Crippen molar-refractivity contribution in [3.8, 4) is 45.3 Å². The molecule has 0 atom stereocenters. The molecule has 0 fully saturated rings. The third-order valence-corrected chi connectivity index (χ3v) is 9.84. The van der Waals surface area contributed by atoms with E-state index in [1.54, 1.807) is 32.7 Å². The Morgan fingerprint density at radius 2 is 1.09 bits per heavy atom. The standard InChI is InChI=1S/C39H33BN3O2S/c1-38(2,44)39(3,4)45-40-29-23-31(34-32(24-29)30-17-11-12-18-33(30)46-34)25-19-21-28(22-20-25)37-42-35(26-13-7-5-8-14-26)41-36(43-37)27-15-9-6-10-16-27/h5-24,44H,1-4H3. The maximum atomic E-state index is 10.7. The highest BCUT2D eigenvalue weighted by molar-refractivity contribution is 7.26. The Morgan fingerprint density at radius 3 is 1.65 bits per heavy atom. The van der Waals surface area contributed by atoms with E-state index >= 15 is 0 Å². The van der Waals surface area contributed by atoms with Crippen molar-refractivity contribution in [2.24, 2.45) is 0 Å². The van der Waals surface area contributed by atoms with Crippen LogP contribution in [-0.2, 0) is 4.65 Å². The van der Waals surface area contributed by atoms with Gasteiger partial charge in [-0.25, -0.2) is 15.0 Å². The molecule has 0 unspecified atom stereocenters.